The Morgan fingerprint density at radius 1 is 0.971 bits per heavy atom. The number of nitrogens with zero attached hydrogens (tertiary/aromatic N) is 2. The molecule has 0 atom stereocenters. The molecule has 0 amide bonds. The zero-order valence-corrected chi connectivity index (χ0v) is 20.5. The van der Waals surface area contributed by atoms with E-state index in [9.17, 15) is 14.4 Å². The molecule has 0 bridgehead atoms. The van der Waals surface area contributed by atoms with Gasteiger partial charge in [-0.3, -0.25) is 9.59 Å². The van der Waals surface area contributed by atoms with Crippen molar-refractivity contribution in [3.63, 3.8) is 0 Å². The molecule has 0 aliphatic heterocycles. The van der Waals surface area contributed by atoms with Crippen molar-refractivity contribution in [2.75, 3.05) is 7.11 Å². The van der Waals surface area contributed by atoms with E-state index >= 15 is 0 Å². The van der Waals surface area contributed by atoms with E-state index in [2.05, 4.69) is 12.1 Å². The van der Waals surface area contributed by atoms with E-state index in [1.807, 2.05) is 60.2 Å². The summed E-state index contributed by atoms with van der Waals surface area (Å²) < 4.78 is 1.92. The lowest BCUT2D eigenvalue weighted by atomic mass is 10.0. The number of rotatable bonds is 11. The molecule has 0 saturated carbocycles. The number of para-hydroxylation sites is 2. The highest BCUT2D eigenvalue weighted by molar-refractivity contribution is 6.47. The Kier molecular flexibility index (Phi) is 10.9. The highest BCUT2D eigenvalue weighted by atomic mass is 16.6. The number of aldehydes is 1. The number of hydrogen-bond donors (Lipinski definition) is 0. The zero-order valence-electron chi connectivity index (χ0n) is 20.5. The molecule has 0 aliphatic carbocycles. The first kappa shape index (κ1) is 26.7. The molecule has 3 rings (SSSR count). The minimum atomic E-state index is -0.136. The maximum Gasteiger partial charge on any atom is 0.212 e. The first-order chi connectivity index (χ1) is 16.5. The third-order valence-corrected chi connectivity index (χ3v) is 5.40. The summed E-state index contributed by atoms with van der Waals surface area (Å²) in [7, 11) is 1.46. The van der Waals surface area contributed by atoms with Crippen LogP contribution >= 0.6 is 0 Å². The lowest BCUT2D eigenvalue weighted by molar-refractivity contribution is -0.107. The van der Waals surface area contributed by atoms with Crippen LogP contribution in [0.15, 0.2) is 59.9 Å². The first-order valence-corrected chi connectivity index (χ1v) is 11.8. The van der Waals surface area contributed by atoms with Gasteiger partial charge in [-0.2, -0.15) is 0 Å². The summed E-state index contributed by atoms with van der Waals surface area (Å²) >= 11 is 0. The quantitative estimate of drug-likeness (QED) is 0.106. The normalized spacial score (nSPS) is 11.0. The number of unbranched alkanes of at least 4 members (excludes halogenated alkanes) is 3. The third kappa shape index (κ3) is 6.73. The number of carbonyl (C=O) groups excluding carboxylic acids is 3. The fraction of sp³-hybridized carbons (Fsp3) is 0.357. The van der Waals surface area contributed by atoms with Crippen molar-refractivity contribution in [3.8, 4) is 5.69 Å². The standard InChI is InChI=1S/C25H28N2O3.C3H6O/c1-4-5-6-7-14-22(26-30-3)25(29)21-17-27(24-16-11-9-13-20(21)24)23-15-10-8-12-19(23)18(2)28;1-2-3-4/h8-13,15-17H,4-7,14H2,1-3H3;3H,2H2,1H3/b26-22+;. The summed E-state index contributed by atoms with van der Waals surface area (Å²) in [5.41, 5.74) is 3.24. The van der Waals surface area contributed by atoms with E-state index in [-0.39, 0.29) is 11.6 Å². The van der Waals surface area contributed by atoms with E-state index in [0.717, 1.165) is 48.6 Å². The van der Waals surface area contributed by atoms with E-state index in [1.165, 1.54) is 7.11 Å². The molecule has 180 valence electrons. The molecular weight excluding hydrogens is 428 g/mol. The summed E-state index contributed by atoms with van der Waals surface area (Å²) in [5.74, 6) is -0.155. The van der Waals surface area contributed by atoms with Crippen molar-refractivity contribution in [1.29, 1.82) is 0 Å². The molecule has 34 heavy (non-hydrogen) atoms. The largest absolute Gasteiger partial charge is 0.399 e. The monoisotopic (exact) mass is 462 g/mol. The Bertz CT molecular complexity index is 1140. The predicted octanol–water partition coefficient (Wildman–Crippen LogP) is 6.58. The minimum Gasteiger partial charge on any atom is -0.399 e. The number of Topliss-reactive ketones (excluding diaryl/α,β-unsaturated/α-hetero) is 2. The van der Waals surface area contributed by atoms with Gasteiger partial charge in [0.05, 0.1) is 11.2 Å². The van der Waals surface area contributed by atoms with Gasteiger partial charge >= 0.3 is 0 Å². The average molecular weight is 463 g/mol. The fourth-order valence-corrected chi connectivity index (χ4v) is 3.73. The van der Waals surface area contributed by atoms with Crippen LogP contribution in [0, 0.1) is 0 Å². The second kappa shape index (κ2) is 13.9. The topological polar surface area (TPSA) is 77.7 Å². The van der Waals surface area contributed by atoms with Gasteiger partial charge in [-0.1, -0.05) is 68.6 Å². The van der Waals surface area contributed by atoms with Crippen LogP contribution in [-0.4, -0.2) is 35.2 Å². The summed E-state index contributed by atoms with van der Waals surface area (Å²) in [6, 6.07) is 15.2. The third-order valence-electron chi connectivity index (χ3n) is 5.40. The minimum absolute atomic E-state index is 0.0196. The van der Waals surface area contributed by atoms with Gasteiger partial charge in [0.25, 0.3) is 0 Å². The predicted molar refractivity (Wildman–Crippen MR) is 137 cm³/mol. The molecule has 3 aromatic rings. The number of benzene rings is 2. The molecule has 2 aromatic carbocycles. The van der Waals surface area contributed by atoms with Gasteiger partial charge in [0.1, 0.15) is 19.1 Å². The maximum atomic E-state index is 13.4. The Balaban J connectivity index is 0.000000945. The number of fused-ring (bicyclic) bond motifs is 1. The van der Waals surface area contributed by atoms with Crippen LogP contribution in [0.2, 0.25) is 0 Å². The van der Waals surface area contributed by atoms with Gasteiger partial charge in [0.15, 0.2) is 5.78 Å². The van der Waals surface area contributed by atoms with Crippen molar-refractivity contribution in [3.05, 3.63) is 65.9 Å². The SMILES string of the molecule is CCC=O.CCCCCC/C(=N\OC)C(=O)c1cn(-c2ccccc2C(C)=O)c2ccccc12. The summed E-state index contributed by atoms with van der Waals surface area (Å²) in [5, 5.41) is 4.87. The lowest BCUT2D eigenvalue weighted by Crippen LogP contribution is -2.15. The number of ketones is 2. The van der Waals surface area contributed by atoms with Crippen molar-refractivity contribution in [2.24, 2.45) is 5.16 Å². The summed E-state index contributed by atoms with van der Waals surface area (Å²) in [4.78, 5) is 39.7. The van der Waals surface area contributed by atoms with Crippen molar-refractivity contribution in [1.82, 2.24) is 4.57 Å². The molecule has 0 spiro atoms. The number of carbonyl (C=O) groups is 3. The van der Waals surface area contributed by atoms with Crippen LogP contribution < -0.4 is 0 Å². The highest BCUT2D eigenvalue weighted by Gasteiger charge is 2.22. The maximum absolute atomic E-state index is 13.4. The van der Waals surface area contributed by atoms with Gasteiger partial charge < -0.3 is 14.2 Å². The van der Waals surface area contributed by atoms with Gasteiger partial charge in [-0.25, -0.2) is 0 Å². The number of oxime groups is 1. The second-order valence-corrected chi connectivity index (χ2v) is 7.94. The van der Waals surface area contributed by atoms with Crippen LogP contribution in [0.25, 0.3) is 16.6 Å². The van der Waals surface area contributed by atoms with Crippen molar-refractivity contribution >= 4 is 34.5 Å². The molecular formula is C28H34N2O4. The molecule has 6 heteroatoms. The average Bonchev–Trinajstić information content (AvgIpc) is 3.25. The highest BCUT2D eigenvalue weighted by Crippen LogP contribution is 2.28. The van der Waals surface area contributed by atoms with Crippen LogP contribution in [0.1, 0.15) is 80.0 Å². The van der Waals surface area contributed by atoms with Gasteiger partial charge in [-0.05, 0) is 38.0 Å². The van der Waals surface area contributed by atoms with Crippen LogP contribution in [0.4, 0.5) is 0 Å². The van der Waals surface area contributed by atoms with Crippen LogP contribution in [0.3, 0.4) is 0 Å². The number of hydrogen-bond acceptors (Lipinski definition) is 5. The summed E-state index contributed by atoms with van der Waals surface area (Å²) in [6.07, 6.45) is 8.12. The molecule has 6 nitrogen and oxygen atoms in total. The molecule has 1 aromatic heterocycles. The molecule has 1 heterocycles. The Labute approximate surface area is 201 Å². The molecule has 0 N–H and O–H groups in total. The van der Waals surface area contributed by atoms with E-state index in [1.54, 1.807) is 13.0 Å². The summed E-state index contributed by atoms with van der Waals surface area (Å²) in [6.45, 7) is 5.52. The molecule has 0 fully saturated rings. The smallest absolute Gasteiger partial charge is 0.212 e. The number of aromatic nitrogens is 1. The molecule has 0 unspecified atom stereocenters. The van der Waals surface area contributed by atoms with Crippen LogP contribution in [-0.2, 0) is 9.63 Å². The Morgan fingerprint density at radius 3 is 2.29 bits per heavy atom. The van der Waals surface area contributed by atoms with Crippen molar-refractivity contribution in [2.45, 2.75) is 59.3 Å². The van der Waals surface area contributed by atoms with Crippen molar-refractivity contribution < 1.29 is 19.2 Å². The molecule has 0 radical (unpaired) electrons. The molecule has 0 saturated heterocycles. The van der Waals surface area contributed by atoms with E-state index in [4.69, 9.17) is 4.84 Å². The molecule has 0 aliphatic rings. The fourth-order valence-electron chi connectivity index (χ4n) is 3.73. The van der Waals surface area contributed by atoms with E-state index < -0.39 is 0 Å². The van der Waals surface area contributed by atoms with Gasteiger partial charge in [0, 0.05) is 29.1 Å². The Hall–Kier alpha value is -3.54. The van der Waals surface area contributed by atoms with Gasteiger partial charge in [0.2, 0.25) is 5.78 Å². The van der Waals surface area contributed by atoms with E-state index in [0.29, 0.717) is 29.7 Å². The van der Waals surface area contributed by atoms with Gasteiger partial charge in [-0.15, -0.1) is 0 Å². The Morgan fingerprint density at radius 2 is 1.65 bits per heavy atom. The zero-order chi connectivity index (χ0) is 24.9. The van der Waals surface area contributed by atoms with Crippen LogP contribution in [0.5, 0.6) is 0 Å². The lowest BCUT2D eigenvalue weighted by Gasteiger charge is -2.09. The first-order valence-electron chi connectivity index (χ1n) is 11.8. The second-order valence-electron chi connectivity index (χ2n) is 7.94.